The fraction of sp³-hybridized carbons (Fsp3) is 0.200. The second-order valence-electron chi connectivity index (χ2n) is 5.24. The minimum Gasteiger partial charge on any atom is -0.316 e. The first-order valence-corrected chi connectivity index (χ1v) is 8.00. The molecule has 0 amide bonds. The third-order valence-corrected chi connectivity index (χ3v) is 4.79. The molecule has 3 aromatic rings. The van der Waals surface area contributed by atoms with Crippen LogP contribution in [-0.2, 0) is 20.6 Å². The second-order valence-corrected chi connectivity index (χ2v) is 6.36. The first-order chi connectivity index (χ1) is 11.3. The standard InChI is InChI=1S/C15H11BrClN5O2/c1-18-10-5-4-8(6-9(10)17)7-22-13(23)11-12(21(3)15(22)24)19-14(16)20(11)2/h4-6H,7H2,2-3H3. The number of benzene rings is 1. The van der Waals surface area contributed by atoms with Crippen LogP contribution < -0.4 is 11.2 Å². The predicted octanol–water partition coefficient (Wildman–Crippen LogP) is 2.45. The maximum Gasteiger partial charge on any atom is 0.332 e. The number of nitrogens with zero attached hydrogens (tertiary/aromatic N) is 5. The van der Waals surface area contributed by atoms with Gasteiger partial charge >= 0.3 is 5.69 Å². The van der Waals surface area contributed by atoms with E-state index in [1.54, 1.807) is 36.9 Å². The summed E-state index contributed by atoms with van der Waals surface area (Å²) in [5, 5.41) is 0.289. The van der Waals surface area contributed by atoms with Gasteiger partial charge in [0.1, 0.15) is 0 Å². The van der Waals surface area contributed by atoms with Crippen LogP contribution in [0.2, 0.25) is 5.02 Å². The highest BCUT2D eigenvalue weighted by Crippen LogP contribution is 2.25. The van der Waals surface area contributed by atoms with Gasteiger partial charge in [-0.1, -0.05) is 23.7 Å². The molecule has 0 aliphatic heterocycles. The van der Waals surface area contributed by atoms with Crippen LogP contribution in [0.4, 0.5) is 5.69 Å². The lowest BCUT2D eigenvalue weighted by atomic mass is 10.2. The smallest absolute Gasteiger partial charge is 0.316 e. The summed E-state index contributed by atoms with van der Waals surface area (Å²) in [6.07, 6.45) is 0. The summed E-state index contributed by atoms with van der Waals surface area (Å²) in [7, 11) is 3.26. The van der Waals surface area contributed by atoms with Gasteiger partial charge in [-0.2, -0.15) is 0 Å². The molecule has 0 aliphatic rings. The molecule has 1 aromatic carbocycles. The van der Waals surface area contributed by atoms with Crippen LogP contribution in [0, 0.1) is 6.57 Å². The number of aromatic nitrogens is 4. The van der Waals surface area contributed by atoms with E-state index >= 15 is 0 Å². The normalized spacial score (nSPS) is 11.0. The van der Waals surface area contributed by atoms with E-state index in [2.05, 4.69) is 25.8 Å². The van der Waals surface area contributed by atoms with Crippen LogP contribution in [0.3, 0.4) is 0 Å². The largest absolute Gasteiger partial charge is 0.332 e. The van der Waals surface area contributed by atoms with Gasteiger partial charge in [0.2, 0.25) is 5.69 Å². The maximum absolute atomic E-state index is 12.7. The van der Waals surface area contributed by atoms with Crippen LogP contribution in [-0.4, -0.2) is 18.7 Å². The van der Waals surface area contributed by atoms with Gasteiger partial charge in [-0.25, -0.2) is 14.6 Å². The zero-order valence-electron chi connectivity index (χ0n) is 12.7. The van der Waals surface area contributed by atoms with Crippen molar-refractivity contribution in [2.45, 2.75) is 6.54 Å². The molecule has 0 fully saturated rings. The van der Waals surface area contributed by atoms with E-state index in [1.807, 2.05) is 0 Å². The molecule has 9 heteroatoms. The van der Waals surface area contributed by atoms with Crippen molar-refractivity contribution in [3.8, 4) is 0 Å². The van der Waals surface area contributed by atoms with Crippen LogP contribution in [0.1, 0.15) is 5.56 Å². The Morgan fingerprint density at radius 3 is 2.62 bits per heavy atom. The van der Waals surface area contributed by atoms with Crippen molar-refractivity contribution in [2.24, 2.45) is 14.1 Å². The SMILES string of the molecule is [C-]#[N+]c1ccc(Cn2c(=O)c3c(nc(Br)n3C)n(C)c2=O)cc1Cl. The van der Waals surface area contributed by atoms with Crippen LogP contribution in [0.25, 0.3) is 16.0 Å². The lowest BCUT2D eigenvalue weighted by Crippen LogP contribution is -2.39. The quantitative estimate of drug-likeness (QED) is 0.483. The van der Waals surface area contributed by atoms with Gasteiger partial charge in [-0.15, -0.1) is 0 Å². The summed E-state index contributed by atoms with van der Waals surface area (Å²) in [6.45, 7) is 7.06. The summed E-state index contributed by atoms with van der Waals surface area (Å²) in [5.41, 5.74) is 0.728. The number of halogens is 2. The zero-order chi connectivity index (χ0) is 17.6. The number of hydrogen-bond acceptors (Lipinski definition) is 3. The first kappa shape index (κ1) is 16.5. The van der Waals surface area contributed by atoms with Crippen LogP contribution in [0.5, 0.6) is 0 Å². The van der Waals surface area contributed by atoms with E-state index in [4.69, 9.17) is 18.2 Å². The molecule has 7 nitrogen and oxygen atoms in total. The summed E-state index contributed by atoms with van der Waals surface area (Å²) in [4.78, 5) is 32.7. The molecular weight excluding hydrogens is 398 g/mol. The van der Waals surface area contributed by atoms with E-state index in [1.165, 1.54) is 4.57 Å². The maximum atomic E-state index is 12.7. The van der Waals surface area contributed by atoms with Gasteiger partial charge in [0.05, 0.1) is 13.1 Å². The van der Waals surface area contributed by atoms with E-state index in [0.717, 1.165) is 4.57 Å². The molecule has 0 bridgehead atoms. The molecule has 2 aromatic heterocycles. The number of hydrogen-bond donors (Lipinski definition) is 0. The molecule has 0 saturated carbocycles. The Morgan fingerprint density at radius 2 is 2.00 bits per heavy atom. The van der Waals surface area contributed by atoms with Gasteiger partial charge < -0.3 is 4.57 Å². The molecule has 0 unspecified atom stereocenters. The van der Waals surface area contributed by atoms with E-state index in [9.17, 15) is 9.59 Å². The Balaban J connectivity index is 2.22. The molecule has 0 saturated heterocycles. The van der Waals surface area contributed by atoms with Crippen LogP contribution >= 0.6 is 27.5 Å². The zero-order valence-corrected chi connectivity index (χ0v) is 15.1. The molecule has 122 valence electrons. The van der Waals surface area contributed by atoms with Crippen LogP contribution in [0.15, 0.2) is 32.5 Å². The van der Waals surface area contributed by atoms with E-state index in [0.29, 0.717) is 27.1 Å². The lowest BCUT2D eigenvalue weighted by molar-refractivity contribution is 0.655. The van der Waals surface area contributed by atoms with Gasteiger partial charge in [-0.3, -0.25) is 13.9 Å². The minimum absolute atomic E-state index is 0.0578. The van der Waals surface area contributed by atoms with E-state index < -0.39 is 11.2 Å². The van der Waals surface area contributed by atoms with Crippen molar-refractivity contribution in [3.63, 3.8) is 0 Å². The molecule has 0 atom stereocenters. The number of aryl methyl sites for hydroxylation is 2. The third kappa shape index (κ3) is 2.46. The summed E-state index contributed by atoms with van der Waals surface area (Å²) in [6, 6.07) is 4.83. The van der Waals surface area contributed by atoms with E-state index in [-0.39, 0.29) is 11.6 Å². The van der Waals surface area contributed by atoms with Crippen molar-refractivity contribution in [1.29, 1.82) is 0 Å². The van der Waals surface area contributed by atoms with Gasteiger partial charge in [0.25, 0.3) is 5.56 Å². The molecular formula is C15H11BrClN5O2. The number of imidazole rings is 1. The highest BCUT2D eigenvalue weighted by atomic mass is 79.9. The Kier molecular flexibility index (Phi) is 4.07. The summed E-state index contributed by atoms with van der Waals surface area (Å²) in [5.74, 6) is 0. The van der Waals surface area contributed by atoms with Gasteiger partial charge in [-0.05, 0) is 27.6 Å². The molecule has 2 heterocycles. The topological polar surface area (TPSA) is 66.2 Å². The third-order valence-electron chi connectivity index (χ3n) is 3.78. The summed E-state index contributed by atoms with van der Waals surface area (Å²) < 4.78 is 4.51. The predicted molar refractivity (Wildman–Crippen MR) is 94.7 cm³/mol. The fourth-order valence-corrected chi connectivity index (χ4v) is 3.07. The average Bonchev–Trinajstić information content (AvgIpc) is 2.85. The molecule has 0 radical (unpaired) electrons. The Hall–Kier alpha value is -2.37. The molecule has 0 N–H and O–H groups in total. The lowest BCUT2D eigenvalue weighted by Gasteiger charge is -2.09. The molecule has 0 spiro atoms. The Morgan fingerprint density at radius 1 is 1.29 bits per heavy atom. The molecule has 0 aliphatic carbocycles. The minimum atomic E-state index is -0.469. The Bertz CT molecular complexity index is 1140. The first-order valence-electron chi connectivity index (χ1n) is 6.82. The average molecular weight is 409 g/mol. The van der Waals surface area contributed by atoms with Crippen molar-refractivity contribution in [1.82, 2.24) is 18.7 Å². The second kappa shape index (κ2) is 5.92. The van der Waals surface area contributed by atoms with Gasteiger partial charge in [0.15, 0.2) is 15.9 Å². The van der Waals surface area contributed by atoms with Crippen molar-refractivity contribution >= 4 is 44.4 Å². The highest BCUT2D eigenvalue weighted by molar-refractivity contribution is 9.10. The Labute approximate surface area is 149 Å². The fourth-order valence-electron chi connectivity index (χ4n) is 2.48. The number of rotatable bonds is 2. The van der Waals surface area contributed by atoms with Crippen molar-refractivity contribution < 1.29 is 0 Å². The monoisotopic (exact) mass is 407 g/mol. The molecule has 3 rings (SSSR count). The van der Waals surface area contributed by atoms with Gasteiger partial charge in [0, 0.05) is 19.1 Å². The highest BCUT2D eigenvalue weighted by Gasteiger charge is 2.17. The summed E-state index contributed by atoms with van der Waals surface area (Å²) >= 11 is 9.29. The van der Waals surface area contributed by atoms with Crippen molar-refractivity contribution in [2.75, 3.05) is 0 Å². The number of fused-ring (bicyclic) bond motifs is 1. The van der Waals surface area contributed by atoms with Crippen molar-refractivity contribution in [3.05, 3.63) is 65.8 Å². The molecule has 24 heavy (non-hydrogen) atoms.